The van der Waals surface area contributed by atoms with Gasteiger partial charge in [-0.3, -0.25) is 9.59 Å². The van der Waals surface area contributed by atoms with E-state index in [-0.39, 0.29) is 22.5 Å². The minimum absolute atomic E-state index is 0.0399. The molecule has 0 aliphatic heterocycles. The lowest BCUT2D eigenvalue weighted by atomic mass is 9.87. The molecule has 0 saturated heterocycles. The molecule has 150 valence electrons. The number of rotatable bonds is 5. The molecule has 3 rings (SSSR count). The average Bonchev–Trinajstić information content (AvgIpc) is 3.03. The topological polar surface area (TPSA) is 90.0 Å². The Balaban J connectivity index is 1.83. The number of nitrogens with one attached hydrogen (secondary N) is 1. The summed E-state index contributed by atoms with van der Waals surface area (Å²) in [5.41, 5.74) is 7.92. The van der Waals surface area contributed by atoms with Gasteiger partial charge in [-0.1, -0.05) is 51.1 Å². The molecular formula is C22H23FN4O2. The first-order valence-corrected chi connectivity index (χ1v) is 9.16. The molecule has 0 fully saturated rings. The predicted octanol–water partition coefficient (Wildman–Crippen LogP) is 3.72. The number of aromatic nitrogens is 2. The minimum Gasteiger partial charge on any atom is -0.364 e. The van der Waals surface area contributed by atoms with Crippen molar-refractivity contribution in [2.45, 2.75) is 32.7 Å². The molecule has 0 bridgehead atoms. The van der Waals surface area contributed by atoms with Gasteiger partial charge in [0.25, 0.3) is 11.8 Å². The molecule has 1 aromatic heterocycles. The van der Waals surface area contributed by atoms with Crippen LogP contribution in [0, 0.1) is 5.82 Å². The molecule has 3 N–H and O–H groups in total. The third kappa shape index (κ3) is 4.68. The normalized spacial score (nSPS) is 11.3. The predicted molar refractivity (Wildman–Crippen MR) is 109 cm³/mol. The van der Waals surface area contributed by atoms with Crippen molar-refractivity contribution in [1.82, 2.24) is 9.55 Å². The van der Waals surface area contributed by atoms with E-state index in [9.17, 15) is 14.0 Å². The number of nitrogens with zero attached hydrogens (tertiary/aromatic N) is 2. The summed E-state index contributed by atoms with van der Waals surface area (Å²) in [5.74, 6) is -1.79. The Morgan fingerprint density at radius 3 is 2.41 bits per heavy atom. The minimum atomic E-state index is -0.719. The molecule has 3 aromatic rings. The highest BCUT2D eigenvalue weighted by Gasteiger charge is 2.20. The molecule has 2 amide bonds. The molecule has 0 spiro atoms. The number of amides is 2. The van der Waals surface area contributed by atoms with Gasteiger partial charge in [-0.15, -0.1) is 0 Å². The van der Waals surface area contributed by atoms with Crippen LogP contribution >= 0.6 is 0 Å². The van der Waals surface area contributed by atoms with E-state index in [1.165, 1.54) is 30.1 Å². The second kappa shape index (κ2) is 7.87. The van der Waals surface area contributed by atoms with Gasteiger partial charge < -0.3 is 15.6 Å². The highest BCUT2D eigenvalue weighted by Crippen LogP contribution is 2.23. The van der Waals surface area contributed by atoms with Crippen molar-refractivity contribution in [2.75, 3.05) is 5.32 Å². The molecule has 0 aliphatic rings. The maximum atomic E-state index is 13.3. The van der Waals surface area contributed by atoms with Crippen molar-refractivity contribution in [1.29, 1.82) is 0 Å². The van der Waals surface area contributed by atoms with Gasteiger partial charge in [0.05, 0.1) is 6.33 Å². The summed E-state index contributed by atoms with van der Waals surface area (Å²) in [6.45, 7) is 6.77. The Kier molecular flexibility index (Phi) is 5.50. The van der Waals surface area contributed by atoms with Crippen molar-refractivity contribution >= 4 is 17.6 Å². The van der Waals surface area contributed by atoms with E-state index >= 15 is 0 Å². The van der Waals surface area contributed by atoms with Crippen LogP contribution in [0.2, 0.25) is 0 Å². The Morgan fingerprint density at radius 2 is 1.83 bits per heavy atom. The summed E-state index contributed by atoms with van der Waals surface area (Å²) in [4.78, 5) is 28.5. The van der Waals surface area contributed by atoms with Crippen molar-refractivity contribution in [3.05, 3.63) is 83.1 Å². The summed E-state index contributed by atoms with van der Waals surface area (Å²) in [7, 11) is 0. The lowest BCUT2D eigenvalue weighted by Crippen LogP contribution is -2.21. The molecular weight excluding hydrogens is 371 g/mol. The van der Waals surface area contributed by atoms with Gasteiger partial charge in [0.15, 0.2) is 11.5 Å². The van der Waals surface area contributed by atoms with Crippen LogP contribution < -0.4 is 11.1 Å². The van der Waals surface area contributed by atoms with Crippen molar-refractivity contribution < 1.29 is 14.0 Å². The maximum absolute atomic E-state index is 13.3. The standard InChI is InChI=1S/C22H23FN4O2/c1-22(2,3)16-9-7-14(8-10-16)12-27-13-25-20(18(27)19(24)28)26-21(29)15-5-4-6-17(23)11-15/h4-11,13H,12H2,1-3H3,(H2,24,28)(H,26,29). The number of anilines is 1. The van der Waals surface area contributed by atoms with Gasteiger partial charge in [-0.05, 0) is 34.7 Å². The third-order valence-corrected chi connectivity index (χ3v) is 4.56. The second-order valence-electron chi connectivity index (χ2n) is 7.85. The fourth-order valence-corrected chi connectivity index (χ4v) is 2.97. The van der Waals surface area contributed by atoms with E-state index in [0.29, 0.717) is 6.54 Å². The van der Waals surface area contributed by atoms with Gasteiger partial charge >= 0.3 is 0 Å². The van der Waals surface area contributed by atoms with Crippen molar-refractivity contribution in [3.63, 3.8) is 0 Å². The first-order valence-electron chi connectivity index (χ1n) is 9.16. The smallest absolute Gasteiger partial charge is 0.269 e. The summed E-state index contributed by atoms with van der Waals surface area (Å²) in [6, 6.07) is 13.3. The van der Waals surface area contributed by atoms with Crippen molar-refractivity contribution in [3.8, 4) is 0 Å². The number of nitrogens with two attached hydrogens (primary N) is 1. The Hall–Kier alpha value is -3.48. The SMILES string of the molecule is CC(C)(C)c1ccc(Cn2cnc(NC(=O)c3cccc(F)c3)c2C(N)=O)cc1. The van der Waals surface area contributed by atoms with Crippen LogP contribution in [-0.4, -0.2) is 21.4 Å². The van der Waals surface area contributed by atoms with E-state index in [2.05, 4.69) is 31.1 Å². The number of halogens is 1. The molecule has 29 heavy (non-hydrogen) atoms. The summed E-state index contributed by atoms with van der Waals surface area (Å²) in [6.07, 6.45) is 1.44. The van der Waals surface area contributed by atoms with E-state index in [0.717, 1.165) is 11.6 Å². The number of carbonyl (C=O) groups is 2. The van der Waals surface area contributed by atoms with Crippen LogP contribution in [-0.2, 0) is 12.0 Å². The van der Waals surface area contributed by atoms with Crippen LogP contribution in [0.15, 0.2) is 54.9 Å². The Labute approximate surface area is 168 Å². The number of carbonyl (C=O) groups excluding carboxylic acids is 2. The zero-order valence-electron chi connectivity index (χ0n) is 16.6. The number of primary amides is 1. The highest BCUT2D eigenvalue weighted by molar-refractivity contribution is 6.07. The number of hydrogen-bond donors (Lipinski definition) is 2. The third-order valence-electron chi connectivity index (χ3n) is 4.56. The van der Waals surface area contributed by atoms with Gasteiger partial charge in [0.1, 0.15) is 5.82 Å². The quantitative estimate of drug-likeness (QED) is 0.691. The van der Waals surface area contributed by atoms with Gasteiger partial charge in [0.2, 0.25) is 0 Å². The van der Waals surface area contributed by atoms with Crippen LogP contribution in [0.4, 0.5) is 10.2 Å². The largest absolute Gasteiger partial charge is 0.364 e. The maximum Gasteiger partial charge on any atom is 0.269 e. The first kappa shape index (κ1) is 20.3. The number of benzene rings is 2. The summed E-state index contributed by atoms with van der Waals surface area (Å²) >= 11 is 0. The van der Waals surface area contributed by atoms with Gasteiger partial charge in [-0.2, -0.15) is 0 Å². The molecule has 0 atom stereocenters. The fourth-order valence-electron chi connectivity index (χ4n) is 2.97. The molecule has 0 saturated carbocycles. The molecule has 0 unspecified atom stereocenters. The summed E-state index contributed by atoms with van der Waals surface area (Å²) in [5, 5.41) is 2.53. The zero-order valence-corrected chi connectivity index (χ0v) is 16.6. The van der Waals surface area contributed by atoms with Crippen LogP contribution in [0.1, 0.15) is 52.7 Å². The lowest BCUT2D eigenvalue weighted by Gasteiger charge is -2.19. The molecule has 0 radical (unpaired) electrons. The van der Waals surface area contributed by atoms with Crippen molar-refractivity contribution in [2.24, 2.45) is 5.73 Å². The average molecular weight is 394 g/mol. The van der Waals surface area contributed by atoms with Gasteiger partial charge in [0, 0.05) is 12.1 Å². The Morgan fingerprint density at radius 1 is 1.14 bits per heavy atom. The lowest BCUT2D eigenvalue weighted by molar-refractivity contribution is 0.0993. The molecule has 2 aromatic carbocycles. The van der Waals surface area contributed by atoms with Crippen LogP contribution in [0.25, 0.3) is 0 Å². The van der Waals surface area contributed by atoms with Gasteiger partial charge in [-0.25, -0.2) is 9.37 Å². The summed E-state index contributed by atoms with van der Waals surface area (Å²) < 4.78 is 14.9. The highest BCUT2D eigenvalue weighted by atomic mass is 19.1. The fraction of sp³-hybridized carbons (Fsp3) is 0.227. The number of imidazole rings is 1. The molecule has 7 heteroatoms. The van der Waals surface area contributed by atoms with E-state index in [4.69, 9.17) is 5.73 Å². The zero-order chi connectivity index (χ0) is 21.2. The van der Waals surface area contributed by atoms with E-state index in [1.54, 1.807) is 4.57 Å². The second-order valence-corrected chi connectivity index (χ2v) is 7.85. The number of hydrogen-bond acceptors (Lipinski definition) is 3. The first-order chi connectivity index (χ1) is 13.6. The molecule has 1 heterocycles. The van der Waals surface area contributed by atoms with E-state index < -0.39 is 17.6 Å². The van der Waals surface area contributed by atoms with Crippen LogP contribution in [0.3, 0.4) is 0 Å². The monoisotopic (exact) mass is 394 g/mol. The van der Waals surface area contributed by atoms with Crippen LogP contribution in [0.5, 0.6) is 0 Å². The Bertz CT molecular complexity index is 1050. The molecule has 6 nitrogen and oxygen atoms in total. The van der Waals surface area contributed by atoms with E-state index in [1.807, 2.05) is 24.3 Å². The molecule has 0 aliphatic carbocycles.